The molecular weight excluding hydrogens is 383 g/mol. The minimum absolute atomic E-state index is 0.230. The number of aromatic nitrogens is 4. The number of rotatable bonds is 7. The number of hydrogen-bond donors (Lipinski definition) is 0. The van der Waals surface area contributed by atoms with E-state index in [1.807, 2.05) is 24.3 Å². The molecule has 1 fully saturated rings. The van der Waals surface area contributed by atoms with E-state index in [0.717, 1.165) is 15.8 Å². The van der Waals surface area contributed by atoms with Crippen LogP contribution in [0.15, 0.2) is 30.6 Å². The summed E-state index contributed by atoms with van der Waals surface area (Å²) >= 11 is 13.4. The molecule has 2 heterocycles. The van der Waals surface area contributed by atoms with Crippen LogP contribution in [0.3, 0.4) is 0 Å². The molecule has 0 amide bonds. The standard InChI is InChI=1S/C16H14Cl2N4O2S/c17-14-15(18)22(8-19-14)9-24-12-5-3-11(4-6-12)23-7-13-20-21-16(25-13)10-1-2-10/h3-6,8,10H,1-2,7,9H2. The van der Waals surface area contributed by atoms with Crippen molar-refractivity contribution in [2.75, 3.05) is 0 Å². The van der Waals surface area contributed by atoms with Crippen molar-refractivity contribution in [3.8, 4) is 11.5 Å². The molecular formula is C16H14Cl2N4O2S. The predicted octanol–water partition coefficient (Wildman–Crippen LogP) is 4.53. The third-order valence-corrected chi connectivity index (χ3v) is 5.53. The van der Waals surface area contributed by atoms with Crippen molar-refractivity contribution in [3.05, 3.63) is 50.9 Å². The summed E-state index contributed by atoms with van der Waals surface area (Å²) in [6.45, 7) is 0.654. The first-order chi connectivity index (χ1) is 12.2. The van der Waals surface area contributed by atoms with Crippen LogP contribution >= 0.6 is 34.5 Å². The van der Waals surface area contributed by atoms with E-state index in [9.17, 15) is 0 Å². The van der Waals surface area contributed by atoms with Gasteiger partial charge in [-0.05, 0) is 37.1 Å². The number of ether oxygens (including phenoxy) is 2. The summed E-state index contributed by atoms with van der Waals surface area (Å²) in [6.07, 6.45) is 3.99. The number of imidazole rings is 1. The first-order valence-electron chi connectivity index (χ1n) is 7.73. The molecule has 4 rings (SSSR count). The minimum atomic E-state index is 0.230. The maximum Gasteiger partial charge on any atom is 0.167 e. The predicted molar refractivity (Wildman–Crippen MR) is 95.5 cm³/mol. The second-order valence-electron chi connectivity index (χ2n) is 5.64. The highest BCUT2D eigenvalue weighted by molar-refractivity contribution is 7.11. The van der Waals surface area contributed by atoms with Gasteiger partial charge >= 0.3 is 0 Å². The summed E-state index contributed by atoms with van der Waals surface area (Å²) < 4.78 is 13.0. The van der Waals surface area contributed by atoms with Gasteiger partial charge in [-0.25, -0.2) is 4.98 Å². The van der Waals surface area contributed by atoms with Crippen LogP contribution in [0.25, 0.3) is 0 Å². The maximum atomic E-state index is 5.98. The van der Waals surface area contributed by atoms with Gasteiger partial charge < -0.3 is 9.47 Å². The van der Waals surface area contributed by atoms with E-state index in [1.165, 1.54) is 19.2 Å². The molecule has 1 aliphatic rings. The number of benzene rings is 1. The average Bonchev–Trinajstić information content (AvgIpc) is 3.30. The topological polar surface area (TPSA) is 62.1 Å². The van der Waals surface area contributed by atoms with Crippen molar-refractivity contribution in [1.82, 2.24) is 19.7 Å². The molecule has 9 heteroatoms. The molecule has 3 aromatic rings. The molecule has 2 aromatic heterocycles. The zero-order valence-electron chi connectivity index (χ0n) is 13.1. The zero-order valence-corrected chi connectivity index (χ0v) is 15.4. The summed E-state index contributed by atoms with van der Waals surface area (Å²) in [5, 5.41) is 11.0. The van der Waals surface area contributed by atoms with Gasteiger partial charge in [0, 0.05) is 5.92 Å². The Labute approximate surface area is 158 Å². The third-order valence-electron chi connectivity index (χ3n) is 3.70. The molecule has 0 saturated heterocycles. The smallest absolute Gasteiger partial charge is 0.167 e. The Hall–Kier alpha value is -1.83. The highest BCUT2D eigenvalue weighted by Gasteiger charge is 2.27. The largest absolute Gasteiger partial charge is 0.486 e. The summed E-state index contributed by atoms with van der Waals surface area (Å²) in [4.78, 5) is 3.90. The molecule has 1 saturated carbocycles. The Morgan fingerprint density at radius 2 is 1.80 bits per heavy atom. The summed E-state index contributed by atoms with van der Waals surface area (Å²) in [6, 6.07) is 7.36. The lowest BCUT2D eigenvalue weighted by Crippen LogP contribution is -2.03. The van der Waals surface area contributed by atoms with Crippen LogP contribution in [0.5, 0.6) is 11.5 Å². The zero-order chi connectivity index (χ0) is 17.2. The lowest BCUT2D eigenvalue weighted by atomic mass is 10.3. The second kappa shape index (κ2) is 7.19. The fraction of sp³-hybridized carbons (Fsp3) is 0.312. The van der Waals surface area contributed by atoms with Crippen molar-refractivity contribution >= 4 is 34.5 Å². The number of hydrogen-bond acceptors (Lipinski definition) is 6. The lowest BCUT2D eigenvalue weighted by Gasteiger charge is -2.09. The van der Waals surface area contributed by atoms with E-state index >= 15 is 0 Å². The molecule has 1 aromatic carbocycles. The van der Waals surface area contributed by atoms with Gasteiger partial charge in [-0.15, -0.1) is 10.2 Å². The van der Waals surface area contributed by atoms with Crippen molar-refractivity contribution in [2.24, 2.45) is 0 Å². The quantitative estimate of drug-likeness (QED) is 0.586. The number of halogens is 2. The SMILES string of the molecule is Clc1ncn(COc2ccc(OCc3nnc(C4CC4)s3)cc2)c1Cl. The fourth-order valence-electron chi connectivity index (χ4n) is 2.17. The Morgan fingerprint density at radius 3 is 2.44 bits per heavy atom. The minimum Gasteiger partial charge on any atom is -0.486 e. The van der Waals surface area contributed by atoms with Crippen molar-refractivity contribution in [2.45, 2.75) is 32.1 Å². The van der Waals surface area contributed by atoms with E-state index in [4.69, 9.17) is 32.7 Å². The van der Waals surface area contributed by atoms with Crippen LogP contribution in [0.2, 0.25) is 10.3 Å². The summed E-state index contributed by atoms with van der Waals surface area (Å²) in [5.41, 5.74) is 0. The van der Waals surface area contributed by atoms with E-state index in [-0.39, 0.29) is 11.9 Å². The molecule has 0 atom stereocenters. The van der Waals surface area contributed by atoms with Gasteiger partial charge in [-0.1, -0.05) is 34.5 Å². The molecule has 0 aliphatic heterocycles. The van der Waals surface area contributed by atoms with Gasteiger partial charge in [-0.2, -0.15) is 0 Å². The first kappa shape index (κ1) is 16.6. The summed E-state index contributed by atoms with van der Waals surface area (Å²) in [7, 11) is 0. The molecule has 0 radical (unpaired) electrons. The Balaban J connectivity index is 1.29. The fourth-order valence-corrected chi connectivity index (χ4v) is 3.39. The van der Waals surface area contributed by atoms with Gasteiger partial charge in [0.2, 0.25) is 0 Å². The van der Waals surface area contributed by atoms with Crippen LogP contribution in [0.4, 0.5) is 0 Å². The highest BCUT2D eigenvalue weighted by atomic mass is 35.5. The molecule has 0 bridgehead atoms. The average molecular weight is 397 g/mol. The number of nitrogens with zero attached hydrogens (tertiary/aromatic N) is 4. The van der Waals surface area contributed by atoms with Gasteiger partial charge in [0.15, 0.2) is 22.0 Å². The maximum absolute atomic E-state index is 5.98. The van der Waals surface area contributed by atoms with Crippen molar-refractivity contribution < 1.29 is 9.47 Å². The molecule has 1 aliphatic carbocycles. The van der Waals surface area contributed by atoms with E-state index in [1.54, 1.807) is 15.9 Å². The normalized spacial score (nSPS) is 13.8. The van der Waals surface area contributed by atoms with Gasteiger partial charge in [0.1, 0.15) is 29.4 Å². The van der Waals surface area contributed by atoms with Crippen LogP contribution in [-0.4, -0.2) is 19.7 Å². The van der Waals surface area contributed by atoms with E-state index in [0.29, 0.717) is 23.4 Å². The van der Waals surface area contributed by atoms with Crippen LogP contribution in [-0.2, 0) is 13.3 Å². The molecule has 0 N–H and O–H groups in total. The second-order valence-corrected chi connectivity index (χ2v) is 7.45. The van der Waals surface area contributed by atoms with Crippen LogP contribution in [0, 0.1) is 0 Å². The van der Waals surface area contributed by atoms with Crippen LogP contribution in [0.1, 0.15) is 28.8 Å². The van der Waals surface area contributed by atoms with E-state index < -0.39 is 0 Å². The first-order valence-corrected chi connectivity index (χ1v) is 9.30. The van der Waals surface area contributed by atoms with Crippen molar-refractivity contribution in [3.63, 3.8) is 0 Å². The molecule has 6 nitrogen and oxygen atoms in total. The molecule has 130 valence electrons. The van der Waals surface area contributed by atoms with Crippen LogP contribution < -0.4 is 9.47 Å². The Bertz CT molecular complexity index is 861. The van der Waals surface area contributed by atoms with E-state index in [2.05, 4.69) is 15.2 Å². The third kappa shape index (κ3) is 4.05. The molecule has 0 unspecified atom stereocenters. The summed E-state index contributed by atoms with van der Waals surface area (Å²) in [5.74, 6) is 2.07. The Kier molecular flexibility index (Phi) is 4.78. The molecule has 0 spiro atoms. The molecule has 25 heavy (non-hydrogen) atoms. The van der Waals surface area contributed by atoms with Crippen molar-refractivity contribution in [1.29, 1.82) is 0 Å². The highest BCUT2D eigenvalue weighted by Crippen LogP contribution is 2.41. The van der Waals surface area contributed by atoms with Gasteiger partial charge in [0.25, 0.3) is 0 Å². The van der Waals surface area contributed by atoms with Gasteiger partial charge in [0.05, 0.1) is 0 Å². The monoisotopic (exact) mass is 396 g/mol. The Morgan fingerprint density at radius 1 is 1.08 bits per heavy atom. The lowest BCUT2D eigenvalue weighted by molar-refractivity contribution is 0.236. The van der Waals surface area contributed by atoms with Gasteiger partial charge in [-0.3, -0.25) is 4.57 Å².